The van der Waals surface area contributed by atoms with E-state index in [0.717, 1.165) is 6.54 Å². The first-order chi connectivity index (χ1) is 5.57. The van der Waals surface area contributed by atoms with Crippen LogP contribution in [0.2, 0.25) is 0 Å². The maximum absolute atomic E-state index is 10.1. The van der Waals surface area contributed by atoms with Gasteiger partial charge < -0.3 is 10.0 Å². The molecule has 0 saturated carbocycles. The number of nitrogens with zero attached hydrogens (tertiary/aromatic N) is 1. The summed E-state index contributed by atoms with van der Waals surface area (Å²) < 4.78 is 0. The summed E-state index contributed by atoms with van der Waals surface area (Å²) in [6.07, 6.45) is -0.276. The lowest BCUT2D eigenvalue weighted by Gasteiger charge is -2.40. The molecule has 0 aromatic rings. The Kier molecular flexibility index (Phi) is 3.95. The van der Waals surface area contributed by atoms with Crippen LogP contribution >= 0.6 is 0 Å². The van der Waals surface area contributed by atoms with Crippen LogP contribution in [0.5, 0.6) is 0 Å². The molecule has 1 N–H and O–H groups in total. The molecule has 0 aromatic carbocycles. The minimum Gasteiger partial charge on any atom is -0.392 e. The third-order valence-electron chi connectivity index (χ3n) is 2.28. The fourth-order valence-corrected chi connectivity index (χ4v) is 2.07. The lowest BCUT2D eigenvalue weighted by Crippen LogP contribution is -2.45. The predicted octanol–water partition coefficient (Wildman–Crippen LogP) is 1.98. The van der Waals surface area contributed by atoms with Crippen molar-refractivity contribution >= 4 is 0 Å². The number of aliphatic hydroxyl groups excluding tert-OH is 1. The monoisotopic (exact) mass is 187 g/mol. The summed E-state index contributed by atoms with van der Waals surface area (Å²) in [6, 6.07) is 0. The van der Waals surface area contributed by atoms with E-state index >= 15 is 0 Å². The summed E-state index contributed by atoms with van der Waals surface area (Å²) in [5, 5.41) is 10.1. The first-order valence-electron chi connectivity index (χ1n) is 4.90. The molecule has 0 rings (SSSR count). The van der Waals surface area contributed by atoms with Crippen molar-refractivity contribution in [2.75, 3.05) is 20.6 Å². The van der Waals surface area contributed by atoms with Crippen molar-refractivity contribution in [2.45, 2.75) is 40.7 Å². The van der Waals surface area contributed by atoms with Crippen LogP contribution in [0.4, 0.5) is 0 Å². The van der Waals surface area contributed by atoms with Gasteiger partial charge in [0.2, 0.25) is 0 Å². The maximum Gasteiger partial charge on any atom is 0.0651 e. The lowest BCUT2D eigenvalue weighted by molar-refractivity contribution is -0.0423. The first-order valence-corrected chi connectivity index (χ1v) is 4.90. The SMILES string of the molecule is CN(C)CC(C)(C)C(O)C(C)(C)C. The summed E-state index contributed by atoms with van der Waals surface area (Å²) in [6.45, 7) is 11.4. The molecule has 0 fully saturated rings. The molecular weight excluding hydrogens is 162 g/mol. The van der Waals surface area contributed by atoms with Gasteiger partial charge in [-0.3, -0.25) is 0 Å². The fourth-order valence-electron chi connectivity index (χ4n) is 2.07. The molecule has 0 aliphatic carbocycles. The van der Waals surface area contributed by atoms with Crippen LogP contribution in [0, 0.1) is 10.8 Å². The molecule has 0 heterocycles. The molecule has 2 nitrogen and oxygen atoms in total. The Morgan fingerprint density at radius 2 is 1.46 bits per heavy atom. The van der Waals surface area contributed by atoms with Gasteiger partial charge in [0.1, 0.15) is 0 Å². The summed E-state index contributed by atoms with van der Waals surface area (Å²) >= 11 is 0. The van der Waals surface area contributed by atoms with E-state index in [1.165, 1.54) is 0 Å². The van der Waals surface area contributed by atoms with Crippen LogP contribution in [0.25, 0.3) is 0 Å². The molecule has 13 heavy (non-hydrogen) atoms. The maximum atomic E-state index is 10.1. The van der Waals surface area contributed by atoms with Crippen molar-refractivity contribution in [3.05, 3.63) is 0 Å². The molecule has 2 heteroatoms. The van der Waals surface area contributed by atoms with Crippen molar-refractivity contribution in [1.29, 1.82) is 0 Å². The first kappa shape index (κ1) is 12.9. The van der Waals surface area contributed by atoms with Gasteiger partial charge in [-0.2, -0.15) is 0 Å². The zero-order valence-corrected chi connectivity index (χ0v) is 10.2. The Morgan fingerprint density at radius 1 is 1.08 bits per heavy atom. The second-order valence-electron chi connectivity index (χ2n) is 5.99. The fraction of sp³-hybridized carbons (Fsp3) is 1.00. The highest BCUT2D eigenvalue weighted by atomic mass is 16.3. The zero-order valence-electron chi connectivity index (χ0n) is 10.2. The van der Waals surface area contributed by atoms with Gasteiger partial charge in [-0.05, 0) is 19.5 Å². The molecule has 0 radical (unpaired) electrons. The molecule has 0 amide bonds. The second kappa shape index (κ2) is 3.97. The van der Waals surface area contributed by atoms with Crippen LogP contribution in [0.1, 0.15) is 34.6 Å². The zero-order chi connectivity index (χ0) is 10.9. The Hall–Kier alpha value is -0.0800. The van der Waals surface area contributed by atoms with E-state index in [1.54, 1.807) is 0 Å². The Morgan fingerprint density at radius 3 is 1.69 bits per heavy atom. The van der Waals surface area contributed by atoms with Gasteiger partial charge in [-0.15, -0.1) is 0 Å². The molecule has 1 atom stereocenters. The van der Waals surface area contributed by atoms with E-state index < -0.39 is 0 Å². The van der Waals surface area contributed by atoms with E-state index in [0.29, 0.717) is 0 Å². The predicted molar refractivity (Wildman–Crippen MR) is 57.8 cm³/mol. The molecule has 0 bridgehead atoms. The topological polar surface area (TPSA) is 23.5 Å². The summed E-state index contributed by atoms with van der Waals surface area (Å²) in [7, 11) is 4.08. The molecular formula is C11H25NO. The second-order valence-corrected chi connectivity index (χ2v) is 5.99. The third-order valence-corrected chi connectivity index (χ3v) is 2.28. The van der Waals surface area contributed by atoms with Crippen LogP contribution in [-0.4, -0.2) is 36.8 Å². The highest BCUT2D eigenvalue weighted by molar-refractivity contribution is 4.87. The number of hydrogen-bond acceptors (Lipinski definition) is 2. The van der Waals surface area contributed by atoms with E-state index in [1.807, 2.05) is 14.1 Å². The van der Waals surface area contributed by atoms with Crippen molar-refractivity contribution in [3.63, 3.8) is 0 Å². The van der Waals surface area contributed by atoms with Crippen LogP contribution < -0.4 is 0 Å². The van der Waals surface area contributed by atoms with E-state index in [2.05, 4.69) is 39.5 Å². The average molecular weight is 187 g/mol. The van der Waals surface area contributed by atoms with Gasteiger partial charge in [0.05, 0.1) is 6.10 Å². The standard InChI is InChI=1S/C11H25NO/c1-10(2,3)9(13)11(4,5)8-12(6)7/h9,13H,8H2,1-7H3. The van der Waals surface area contributed by atoms with Crippen LogP contribution in [0.3, 0.4) is 0 Å². The molecule has 0 aliphatic rings. The summed E-state index contributed by atoms with van der Waals surface area (Å²) in [4.78, 5) is 2.12. The van der Waals surface area contributed by atoms with Crippen LogP contribution in [-0.2, 0) is 0 Å². The average Bonchev–Trinajstić information content (AvgIpc) is 1.80. The van der Waals surface area contributed by atoms with Crippen LogP contribution in [0.15, 0.2) is 0 Å². The third kappa shape index (κ3) is 4.10. The number of rotatable bonds is 3. The van der Waals surface area contributed by atoms with Gasteiger partial charge in [-0.1, -0.05) is 34.6 Å². The molecule has 0 spiro atoms. The van der Waals surface area contributed by atoms with Gasteiger partial charge in [-0.25, -0.2) is 0 Å². The van der Waals surface area contributed by atoms with E-state index in [4.69, 9.17) is 0 Å². The van der Waals surface area contributed by atoms with Gasteiger partial charge in [0.15, 0.2) is 0 Å². The molecule has 1 unspecified atom stereocenters. The quantitative estimate of drug-likeness (QED) is 0.730. The normalized spacial score (nSPS) is 16.4. The molecule has 0 aromatic heterocycles. The van der Waals surface area contributed by atoms with Crippen molar-refractivity contribution < 1.29 is 5.11 Å². The van der Waals surface area contributed by atoms with Crippen molar-refractivity contribution in [1.82, 2.24) is 4.90 Å². The van der Waals surface area contributed by atoms with E-state index in [-0.39, 0.29) is 16.9 Å². The number of hydrogen-bond donors (Lipinski definition) is 1. The minimum atomic E-state index is -0.276. The molecule has 80 valence electrons. The van der Waals surface area contributed by atoms with Crippen molar-refractivity contribution in [3.8, 4) is 0 Å². The minimum absolute atomic E-state index is 0.0422. The lowest BCUT2D eigenvalue weighted by atomic mass is 9.73. The molecule has 0 saturated heterocycles. The van der Waals surface area contributed by atoms with Gasteiger partial charge in [0.25, 0.3) is 0 Å². The number of aliphatic hydroxyl groups is 1. The van der Waals surface area contributed by atoms with Crippen molar-refractivity contribution in [2.24, 2.45) is 10.8 Å². The Balaban J connectivity index is 4.45. The Labute approximate surface area is 82.9 Å². The van der Waals surface area contributed by atoms with E-state index in [9.17, 15) is 5.11 Å². The summed E-state index contributed by atoms with van der Waals surface area (Å²) in [5.41, 5.74) is -0.0960. The highest BCUT2D eigenvalue weighted by Gasteiger charge is 2.36. The highest BCUT2D eigenvalue weighted by Crippen LogP contribution is 2.33. The molecule has 0 aliphatic heterocycles. The summed E-state index contributed by atoms with van der Waals surface area (Å²) in [5.74, 6) is 0. The van der Waals surface area contributed by atoms with Gasteiger partial charge >= 0.3 is 0 Å². The Bertz CT molecular complexity index is 156. The largest absolute Gasteiger partial charge is 0.392 e. The van der Waals surface area contributed by atoms with Gasteiger partial charge in [0, 0.05) is 12.0 Å². The smallest absolute Gasteiger partial charge is 0.0651 e.